The molecule has 0 saturated carbocycles. The van der Waals surface area contributed by atoms with E-state index >= 15 is 0 Å². The molecular formula is C23H25ClN6O. The second kappa shape index (κ2) is 8.89. The largest absolute Gasteiger partial charge is 0.352 e. The lowest BCUT2D eigenvalue weighted by Crippen LogP contribution is -2.30. The molecule has 1 amide bonds. The van der Waals surface area contributed by atoms with Crippen molar-refractivity contribution in [3.8, 4) is 0 Å². The SMILES string of the molecule is Cc1cc(C)n(Cc2cc(C(=O)NCC(C)Cn3cc(Cl)cn3)c3ccccc3n2)n1. The number of benzene rings is 1. The van der Waals surface area contributed by atoms with Crippen LogP contribution in [0.15, 0.2) is 48.8 Å². The number of hydrogen-bond donors (Lipinski definition) is 1. The van der Waals surface area contributed by atoms with Crippen molar-refractivity contribution in [2.45, 2.75) is 33.9 Å². The first-order chi connectivity index (χ1) is 14.9. The maximum absolute atomic E-state index is 13.1. The van der Waals surface area contributed by atoms with Crippen molar-refractivity contribution in [1.82, 2.24) is 29.9 Å². The summed E-state index contributed by atoms with van der Waals surface area (Å²) in [4.78, 5) is 17.8. The fourth-order valence-corrected chi connectivity index (χ4v) is 3.83. The van der Waals surface area contributed by atoms with Crippen LogP contribution in [0.5, 0.6) is 0 Å². The summed E-state index contributed by atoms with van der Waals surface area (Å²) >= 11 is 5.93. The standard InChI is InChI=1S/C23H25ClN6O/c1-15(12-29-13-18(24)11-26-29)10-25-23(31)21-9-19(14-30-17(3)8-16(2)28-30)27-22-7-5-4-6-20(21)22/h4-9,11,13,15H,10,12,14H2,1-3H3,(H,25,31). The highest BCUT2D eigenvalue weighted by molar-refractivity contribution is 6.30. The van der Waals surface area contributed by atoms with Gasteiger partial charge in [-0.1, -0.05) is 36.7 Å². The van der Waals surface area contributed by atoms with Crippen LogP contribution in [0.25, 0.3) is 10.9 Å². The molecule has 0 aliphatic carbocycles. The van der Waals surface area contributed by atoms with Gasteiger partial charge in [-0.25, -0.2) is 0 Å². The lowest BCUT2D eigenvalue weighted by molar-refractivity contribution is 0.0948. The van der Waals surface area contributed by atoms with E-state index in [4.69, 9.17) is 16.6 Å². The number of nitrogens with one attached hydrogen (secondary N) is 1. The molecule has 31 heavy (non-hydrogen) atoms. The smallest absolute Gasteiger partial charge is 0.252 e. The number of aromatic nitrogens is 5. The van der Waals surface area contributed by atoms with Gasteiger partial charge in [-0.05, 0) is 38.0 Å². The number of amides is 1. The summed E-state index contributed by atoms with van der Waals surface area (Å²) in [5.74, 6) is 0.0840. The van der Waals surface area contributed by atoms with Gasteiger partial charge in [0.25, 0.3) is 5.91 Å². The van der Waals surface area contributed by atoms with Crippen molar-refractivity contribution in [2.75, 3.05) is 6.54 Å². The molecule has 3 heterocycles. The molecule has 0 aliphatic heterocycles. The number of pyridine rings is 1. The molecule has 0 radical (unpaired) electrons. The average Bonchev–Trinajstić information content (AvgIpc) is 3.29. The zero-order valence-corrected chi connectivity index (χ0v) is 18.6. The maximum Gasteiger partial charge on any atom is 0.252 e. The molecule has 0 spiro atoms. The Morgan fingerprint density at radius 2 is 2.03 bits per heavy atom. The Morgan fingerprint density at radius 3 is 2.74 bits per heavy atom. The van der Waals surface area contributed by atoms with Crippen LogP contribution in [0.4, 0.5) is 0 Å². The molecule has 8 heteroatoms. The van der Waals surface area contributed by atoms with E-state index in [1.807, 2.05) is 54.9 Å². The summed E-state index contributed by atoms with van der Waals surface area (Å²) in [6, 6.07) is 11.6. The predicted molar refractivity (Wildman–Crippen MR) is 121 cm³/mol. The van der Waals surface area contributed by atoms with Gasteiger partial charge in [-0.15, -0.1) is 0 Å². The Kier molecular flexibility index (Phi) is 6.04. The van der Waals surface area contributed by atoms with Crippen LogP contribution in [0.2, 0.25) is 5.02 Å². The number of carbonyl (C=O) groups excluding carboxylic acids is 1. The number of fused-ring (bicyclic) bond motifs is 1. The summed E-state index contributed by atoms with van der Waals surface area (Å²) in [5.41, 5.74) is 4.24. The molecule has 0 fully saturated rings. The van der Waals surface area contributed by atoms with Gasteiger partial charge < -0.3 is 5.32 Å². The normalized spacial score (nSPS) is 12.3. The van der Waals surface area contributed by atoms with E-state index < -0.39 is 0 Å². The Morgan fingerprint density at radius 1 is 1.23 bits per heavy atom. The minimum absolute atomic E-state index is 0.112. The van der Waals surface area contributed by atoms with Crippen LogP contribution in [0.3, 0.4) is 0 Å². The number of rotatable bonds is 7. The molecule has 160 valence electrons. The minimum Gasteiger partial charge on any atom is -0.352 e. The first-order valence-corrected chi connectivity index (χ1v) is 10.6. The van der Waals surface area contributed by atoms with Gasteiger partial charge in [0.1, 0.15) is 0 Å². The first-order valence-electron chi connectivity index (χ1n) is 10.2. The number of aryl methyl sites for hydroxylation is 2. The van der Waals surface area contributed by atoms with Gasteiger partial charge in [0, 0.05) is 30.4 Å². The third-order valence-corrected chi connectivity index (χ3v) is 5.34. The number of nitrogens with zero attached hydrogens (tertiary/aromatic N) is 5. The molecule has 0 aliphatic rings. The third-order valence-electron chi connectivity index (χ3n) is 5.14. The van der Waals surface area contributed by atoms with E-state index in [9.17, 15) is 4.79 Å². The fraction of sp³-hybridized carbons (Fsp3) is 0.304. The number of halogens is 1. The van der Waals surface area contributed by atoms with E-state index in [0.29, 0.717) is 30.2 Å². The second-order valence-corrected chi connectivity index (χ2v) is 8.40. The molecule has 7 nitrogen and oxygen atoms in total. The number of hydrogen-bond acceptors (Lipinski definition) is 4. The summed E-state index contributed by atoms with van der Waals surface area (Å²) in [5, 5.41) is 13.2. The van der Waals surface area contributed by atoms with Crippen molar-refractivity contribution < 1.29 is 4.79 Å². The van der Waals surface area contributed by atoms with Crippen molar-refractivity contribution in [2.24, 2.45) is 5.92 Å². The van der Waals surface area contributed by atoms with Gasteiger partial charge in [0.15, 0.2) is 0 Å². The van der Waals surface area contributed by atoms with Crippen LogP contribution < -0.4 is 5.32 Å². The van der Waals surface area contributed by atoms with Crippen LogP contribution >= 0.6 is 11.6 Å². The third kappa shape index (κ3) is 4.94. The zero-order valence-electron chi connectivity index (χ0n) is 17.8. The number of para-hydroxylation sites is 1. The van der Waals surface area contributed by atoms with E-state index in [-0.39, 0.29) is 11.8 Å². The Bertz CT molecular complexity index is 1230. The van der Waals surface area contributed by atoms with Crippen molar-refractivity contribution in [3.05, 3.63) is 76.5 Å². The van der Waals surface area contributed by atoms with Gasteiger partial charge in [-0.3, -0.25) is 19.1 Å². The Labute approximate surface area is 186 Å². The highest BCUT2D eigenvalue weighted by atomic mass is 35.5. The monoisotopic (exact) mass is 436 g/mol. The quantitative estimate of drug-likeness (QED) is 0.474. The number of carbonyl (C=O) groups is 1. The zero-order chi connectivity index (χ0) is 22.0. The summed E-state index contributed by atoms with van der Waals surface area (Å²) < 4.78 is 3.69. The van der Waals surface area contributed by atoms with Gasteiger partial charge in [0.2, 0.25) is 0 Å². The molecule has 4 aromatic rings. The molecule has 0 saturated heterocycles. The van der Waals surface area contributed by atoms with Crippen LogP contribution in [0.1, 0.15) is 34.4 Å². The maximum atomic E-state index is 13.1. The first kappa shape index (κ1) is 21.1. The molecule has 0 bridgehead atoms. The summed E-state index contributed by atoms with van der Waals surface area (Å²) in [7, 11) is 0. The molecule has 1 aromatic carbocycles. The highest BCUT2D eigenvalue weighted by Gasteiger charge is 2.15. The van der Waals surface area contributed by atoms with Gasteiger partial charge in [-0.2, -0.15) is 10.2 Å². The van der Waals surface area contributed by atoms with Crippen LogP contribution in [-0.2, 0) is 13.1 Å². The Balaban J connectivity index is 1.53. The molecule has 4 rings (SSSR count). The minimum atomic E-state index is -0.112. The average molecular weight is 437 g/mol. The predicted octanol–water partition coefficient (Wildman–Crippen LogP) is 4.01. The fourth-order valence-electron chi connectivity index (χ4n) is 3.67. The van der Waals surface area contributed by atoms with Crippen molar-refractivity contribution >= 4 is 28.4 Å². The lowest BCUT2D eigenvalue weighted by Gasteiger charge is -2.14. The van der Waals surface area contributed by atoms with E-state index in [0.717, 1.165) is 28.0 Å². The molecule has 1 N–H and O–H groups in total. The molecule has 3 aromatic heterocycles. The van der Waals surface area contributed by atoms with E-state index in [2.05, 4.69) is 22.4 Å². The molecular weight excluding hydrogens is 412 g/mol. The van der Waals surface area contributed by atoms with E-state index in [1.54, 1.807) is 17.1 Å². The second-order valence-electron chi connectivity index (χ2n) is 7.96. The highest BCUT2D eigenvalue weighted by Crippen LogP contribution is 2.20. The topological polar surface area (TPSA) is 77.6 Å². The van der Waals surface area contributed by atoms with Gasteiger partial charge in [0.05, 0.1) is 40.2 Å². The van der Waals surface area contributed by atoms with E-state index in [1.165, 1.54) is 0 Å². The van der Waals surface area contributed by atoms with Crippen molar-refractivity contribution in [3.63, 3.8) is 0 Å². The molecule has 1 atom stereocenters. The van der Waals surface area contributed by atoms with Crippen LogP contribution in [0, 0.1) is 19.8 Å². The molecule has 1 unspecified atom stereocenters. The van der Waals surface area contributed by atoms with Gasteiger partial charge >= 0.3 is 0 Å². The summed E-state index contributed by atoms with van der Waals surface area (Å²) in [6.45, 7) is 7.76. The van der Waals surface area contributed by atoms with Crippen LogP contribution in [-0.4, -0.2) is 37.0 Å². The lowest BCUT2D eigenvalue weighted by atomic mass is 10.1. The summed E-state index contributed by atoms with van der Waals surface area (Å²) in [6.07, 6.45) is 3.39. The Hall–Kier alpha value is -3.19. The van der Waals surface area contributed by atoms with Crippen molar-refractivity contribution in [1.29, 1.82) is 0 Å².